The van der Waals surface area contributed by atoms with Gasteiger partial charge >= 0.3 is 0 Å². The molecule has 0 radical (unpaired) electrons. The Morgan fingerprint density at radius 1 is 1.24 bits per heavy atom. The minimum Gasteiger partial charge on any atom is -0.346 e. The van der Waals surface area contributed by atoms with Crippen molar-refractivity contribution in [2.45, 2.75) is 18.4 Å². The summed E-state index contributed by atoms with van der Waals surface area (Å²) in [5.74, 6) is 0. The molecule has 1 aromatic heterocycles. The highest BCUT2D eigenvalue weighted by Crippen LogP contribution is 2.14. The fourth-order valence-electron chi connectivity index (χ4n) is 1.84. The first-order valence-electron chi connectivity index (χ1n) is 5.27. The first-order valence-corrected chi connectivity index (χ1v) is 7.16. The number of fused-ring (bicyclic) bond motifs is 1. The quantitative estimate of drug-likeness (QED) is 0.811. The van der Waals surface area contributed by atoms with Gasteiger partial charge in [-0.2, -0.15) is 0 Å². The average molecular weight is 251 g/mol. The van der Waals surface area contributed by atoms with E-state index < -0.39 is 15.3 Å². The lowest BCUT2D eigenvalue weighted by molar-refractivity contribution is 0.599. The van der Waals surface area contributed by atoms with Crippen LogP contribution in [0.3, 0.4) is 0 Å². The zero-order valence-electron chi connectivity index (χ0n) is 9.67. The largest absolute Gasteiger partial charge is 0.346 e. The third kappa shape index (κ3) is 1.98. The lowest BCUT2D eigenvalue weighted by atomic mass is 10.2. The maximum Gasteiger partial charge on any atom is 0.208 e. The molecule has 0 unspecified atom stereocenters. The number of hydrogen-bond donors (Lipinski definition) is 0. The van der Waals surface area contributed by atoms with Gasteiger partial charge in [-0.05, 0) is 19.1 Å². The third-order valence-electron chi connectivity index (χ3n) is 2.70. The minimum atomic E-state index is -3.49. The maximum atomic E-state index is 12.1. The molecule has 0 N–H and O–H groups in total. The highest BCUT2D eigenvalue weighted by Gasteiger charge is 2.16. The third-order valence-corrected chi connectivity index (χ3v) is 3.78. The second kappa shape index (κ2) is 4.00. The Morgan fingerprint density at radius 3 is 2.47 bits per heavy atom. The molecule has 2 aromatic rings. The van der Waals surface area contributed by atoms with Crippen LogP contribution in [0.4, 0.5) is 0 Å². The molecule has 0 saturated carbocycles. The number of para-hydroxylation sites is 1. The zero-order valence-corrected chi connectivity index (χ0v) is 10.5. The van der Waals surface area contributed by atoms with Crippen LogP contribution in [0.1, 0.15) is 6.92 Å². The fourth-order valence-corrected chi connectivity index (χ4v) is 2.61. The van der Waals surface area contributed by atoms with Crippen molar-refractivity contribution < 1.29 is 8.42 Å². The van der Waals surface area contributed by atoms with Crippen LogP contribution in [-0.4, -0.2) is 19.2 Å². The minimum absolute atomic E-state index is 0.141. The molecule has 1 heterocycles. The lowest BCUT2D eigenvalue weighted by Gasteiger charge is -2.10. The lowest BCUT2D eigenvalue weighted by Crippen LogP contribution is -2.17. The van der Waals surface area contributed by atoms with Crippen LogP contribution in [0, 0.1) is 0 Å². The molecule has 0 saturated heterocycles. The Kier molecular flexibility index (Phi) is 2.79. The summed E-state index contributed by atoms with van der Waals surface area (Å²) in [7, 11) is -3.49. The van der Waals surface area contributed by atoms with E-state index in [0.717, 1.165) is 11.8 Å². The van der Waals surface area contributed by atoms with Crippen LogP contribution in [0.2, 0.25) is 0 Å². The van der Waals surface area contributed by atoms with Gasteiger partial charge < -0.3 is 4.57 Å². The molecule has 0 spiro atoms. The molecule has 4 nitrogen and oxygen atoms in total. The van der Waals surface area contributed by atoms with Gasteiger partial charge in [0.1, 0.15) is 4.90 Å². The molecule has 2 rings (SSSR count). The second-order valence-electron chi connectivity index (χ2n) is 3.90. The van der Waals surface area contributed by atoms with Crippen molar-refractivity contribution in [3.63, 3.8) is 0 Å². The van der Waals surface area contributed by atoms with Gasteiger partial charge in [-0.3, -0.25) is 4.79 Å². The zero-order chi connectivity index (χ0) is 12.6. The molecule has 90 valence electrons. The monoisotopic (exact) mass is 251 g/mol. The molecule has 0 aliphatic carbocycles. The van der Waals surface area contributed by atoms with Gasteiger partial charge in [-0.25, -0.2) is 8.42 Å². The van der Waals surface area contributed by atoms with Gasteiger partial charge in [0.2, 0.25) is 5.43 Å². The Balaban J connectivity index is 3.01. The summed E-state index contributed by atoms with van der Waals surface area (Å²) in [6.07, 6.45) is 2.47. The van der Waals surface area contributed by atoms with Crippen LogP contribution in [0.15, 0.2) is 40.2 Å². The fraction of sp³-hybridized carbons (Fsp3) is 0.250. The molecule has 0 amide bonds. The summed E-state index contributed by atoms with van der Waals surface area (Å²) >= 11 is 0. The molecular weight excluding hydrogens is 238 g/mol. The predicted octanol–water partition coefficient (Wildman–Crippen LogP) is 1.42. The van der Waals surface area contributed by atoms with Crippen LogP contribution >= 0.6 is 0 Å². The molecule has 0 aliphatic rings. The predicted molar refractivity (Wildman–Crippen MR) is 67.0 cm³/mol. The number of aryl methyl sites for hydroxylation is 1. The van der Waals surface area contributed by atoms with Gasteiger partial charge in [-0.15, -0.1) is 0 Å². The Labute approximate surface area is 99.4 Å². The van der Waals surface area contributed by atoms with E-state index in [-0.39, 0.29) is 4.90 Å². The first-order chi connectivity index (χ1) is 7.95. The number of sulfone groups is 1. The van der Waals surface area contributed by atoms with E-state index in [9.17, 15) is 13.2 Å². The topological polar surface area (TPSA) is 56.1 Å². The van der Waals surface area contributed by atoms with Crippen LogP contribution in [0.5, 0.6) is 0 Å². The SMILES string of the molecule is CCn1cc(S(C)(=O)=O)c(=O)c2ccccc21. The van der Waals surface area contributed by atoms with Gasteiger partial charge in [-0.1, -0.05) is 12.1 Å². The number of pyridine rings is 1. The standard InChI is InChI=1S/C12H13NO3S/c1-3-13-8-11(17(2,15)16)12(14)9-6-4-5-7-10(9)13/h4-8H,3H2,1-2H3. The smallest absolute Gasteiger partial charge is 0.208 e. The Hall–Kier alpha value is -1.62. The number of nitrogens with zero attached hydrogens (tertiary/aromatic N) is 1. The molecule has 0 atom stereocenters. The average Bonchev–Trinajstić information content (AvgIpc) is 2.28. The molecule has 0 fully saturated rings. The van der Waals surface area contributed by atoms with Crippen molar-refractivity contribution in [3.05, 3.63) is 40.7 Å². The summed E-state index contributed by atoms with van der Waals surface area (Å²) in [5, 5.41) is 0.442. The van der Waals surface area contributed by atoms with E-state index in [1.807, 2.05) is 19.1 Å². The van der Waals surface area contributed by atoms with E-state index in [2.05, 4.69) is 0 Å². The molecule has 0 aliphatic heterocycles. The van der Waals surface area contributed by atoms with Crippen LogP contribution in [0.25, 0.3) is 10.9 Å². The number of hydrogen-bond acceptors (Lipinski definition) is 3. The summed E-state index contributed by atoms with van der Waals surface area (Å²) in [6.45, 7) is 2.52. The summed E-state index contributed by atoms with van der Waals surface area (Å²) in [4.78, 5) is 11.9. The molecule has 17 heavy (non-hydrogen) atoms. The van der Waals surface area contributed by atoms with Gasteiger partial charge in [0, 0.05) is 24.4 Å². The highest BCUT2D eigenvalue weighted by atomic mass is 32.2. The summed E-state index contributed by atoms with van der Waals surface area (Å²) in [6, 6.07) is 7.02. The molecular formula is C12H13NO3S. The number of benzene rings is 1. The Bertz CT molecular complexity index is 729. The normalized spacial score (nSPS) is 11.9. The van der Waals surface area contributed by atoms with Crippen LogP contribution < -0.4 is 5.43 Å². The summed E-state index contributed by atoms with van der Waals surface area (Å²) in [5.41, 5.74) is 0.334. The molecule has 0 bridgehead atoms. The molecule has 5 heteroatoms. The van der Waals surface area contributed by atoms with Crippen molar-refractivity contribution in [1.82, 2.24) is 4.57 Å². The maximum absolute atomic E-state index is 12.1. The van der Waals surface area contributed by atoms with E-state index in [4.69, 9.17) is 0 Å². The first kappa shape index (κ1) is 11.9. The second-order valence-corrected chi connectivity index (χ2v) is 5.88. The van der Waals surface area contributed by atoms with E-state index >= 15 is 0 Å². The summed E-state index contributed by atoms with van der Waals surface area (Å²) < 4.78 is 24.9. The van der Waals surface area contributed by atoms with E-state index in [0.29, 0.717) is 11.9 Å². The molecule has 1 aromatic carbocycles. The number of rotatable bonds is 2. The van der Waals surface area contributed by atoms with Gasteiger partial charge in [0.15, 0.2) is 9.84 Å². The van der Waals surface area contributed by atoms with E-state index in [1.54, 1.807) is 16.7 Å². The van der Waals surface area contributed by atoms with Crippen molar-refractivity contribution in [1.29, 1.82) is 0 Å². The van der Waals surface area contributed by atoms with E-state index in [1.165, 1.54) is 6.20 Å². The van der Waals surface area contributed by atoms with Gasteiger partial charge in [0.25, 0.3) is 0 Å². The van der Waals surface area contributed by atoms with Crippen molar-refractivity contribution in [3.8, 4) is 0 Å². The van der Waals surface area contributed by atoms with Gasteiger partial charge in [0.05, 0.1) is 5.52 Å². The van der Waals surface area contributed by atoms with Crippen molar-refractivity contribution in [2.75, 3.05) is 6.26 Å². The highest BCUT2D eigenvalue weighted by molar-refractivity contribution is 7.90. The Morgan fingerprint density at radius 2 is 1.88 bits per heavy atom. The van der Waals surface area contributed by atoms with Crippen molar-refractivity contribution >= 4 is 20.7 Å². The number of aromatic nitrogens is 1. The van der Waals surface area contributed by atoms with Crippen LogP contribution in [-0.2, 0) is 16.4 Å². The van der Waals surface area contributed by atoms with Crippen molar-refractivity contribution in [2.24, 2.45) is 0 Å².